The zero-order valence-corrected chi connectivity index (χ0v) is 7.70. The summed E-state index contributed by atoms with van der Waals surface area (Å²) in [6.07, 6.45) is -11.4. The van der Waals surface area contributed by atoms with Gasteiger partial charge in [-0.15, -0.1) is 0 Å². The summed E-state index contributed by atoms with van der Waals surface area (Å²) in [5, 5.41) is 0. The van der Waals surface area contributed by atoms with Crippen LogP contribution in [0.4, 0.5) is 35.1 Å². The largest absolute Gasteiger partial charge is 0.364 e. The SMILES string of the molecule is O=C(CC(=O)C(F)(F)C(F)F)C(F)(F)C(F)F. The van der Waals surface area contributed by atoms with Gasteiger partial charge in [0.1, 0.15) is 0 Å². The molecule has 0 saturated carbocycles. The van der Waals surface area contributed by atoms with E-state index in [2.05, 4.69) is 0 Å². The summed E-state index contributed by atoms with van der Waals surface area (Å²) in [5.74, 6) is -16.3. The van der Waals surface area contributed by atoms with Crippen molar-refractivity contribution in [2.45, 2.75) is 31.1 Å². The summed E-state index contributed by atoms with van der Waals surface area (Å²) >= 11 is 0. The van der Waals surface area contributed by atoms with E-state index in [9.17, 15) is 44.7 Å². The Labute approximate surface area is 88.6 Å². The van der Waals surface area contributed by atoms with Crippen LogP contribution in [0.5, 0.6) is 0 Å². The summed E-state index contributed by atoms with van der Waals surface area (Å²) in [4.78, 5) is 20.7. The molecule has 0 aliphatic rings. The third-order valence-corrected chi connectivity index (χ3v) is 1.61. The standard InChI is InChI=1S/C7H4F8O2/c8-4(9)6(12,13)2(16)1-3(17)7(14,15)5(10)11/h4-5H,1H2. The van der Waals surface area contributed by atoms with Gasteiger partial charge < -0.3 is 0 Å². The van der Waals surface area contributed by atoms with E-state index >= 15 is 0 Å². The Hall–Kier alpha value is -1.22. The van der Waals surface area contributed by atoms with Crippen LogP contribution in [0.3, 0.4) is 0 Å². The number of carbonyl (C=O) groups is 2. The van der Waals surface area contributed by atoms with Gasteiger partial charge >= 0.3 is 24.7 Å². The molecule has 0 atom stereocenters. The molecule has 0 aromatic rings. The van der Waals surface area contributed by atoms with Crippen molar-refractivity contribution in [3.05, 3.63) is 0 Å². The van der Waals surface area contributed by atoms with Gasteiger partial charge in [0.25, 0.3) is 0 Å². The lowest BCUT2D eigenvalue weighted by Gasteiger charge is -2.16. The Morgan fingerprint density at radius 3 is 1.18 bits per heavy atom. The molecule has 100 valence electrons. The fourth-order valence-corrected chi connectivity index (χ4v) is 0.625. The van der Waals surface area contributed by atoms with Crippen LogP contribution in [-0.2, 0) is 9.59 Å². The van der Waals surface area contributed by atoms with Gasteiger partial charge in [0.2, 0.25) is 11.6 Å². The van der Waals surface area contributed by atoms with E-state index in [0.717, 1.165) is 0 Å². The van der Waals surface area contributed by atoms with Gasteiger partial charge in [0.05, 0.1) is 6.42 Å². The average Bonchev–Trinajstić information content (AvgIpc) is 2.16. The Morgan fingerprint density at radius 1 is 0.765 bits per heavy atom. The van der Waals surface area contributed by atoms with Crippen LogP contribution in [0.2, 0.25) is 0 Å². The van der Waals surface area contributed by atoms with Crippen LogP contribution in [0.25, 0.3) is 0 Å². The van der Waals surface area contributed by atoms with Gasteiger partial charge in [-0.25, -0.2) is 17.6 Å². The number of rotatable bonds is 6. The lowest BCUT2D eigenvalue weighted by molar-refractivity contribution is -0.177. The highest BCUT2D eigenvalue weighted by Crippen LogP contribution is 2.29. The van der Waals surface area contributed by atoms with Crippen LogP contribution in [-0.4, -0.2) is 36.3 Å². The Bertz CT molecular complexity index is 281. The molecule has 0 N–H and O–H groups in total. The maximum atomic E-state index is 12.2. The van der Waals surface area contributed by atoms with E-state index in [1.807, 2.05) is 0 Å². The zero-order valence-electron chi connectivity index (χ0n) is 7.70. The summed E-state index contributed by atoms with van der Waals surface area (Å²) in [6, 6.07) is 0. The average molecular weight is 272 g/mol. The molecule has 10 heteroatoms. The van der Waals surface area contributed by atoms with Crippen molar-refractivity contribution in [3.8, 4) is 0 Å². The third-order valence-electron chi connectivity index (χ3n) is 1.61. The second kappa shape index (κ2) is 4.96. The molecule has 17 heavy (non-hydrogen) atoms. The number of alkyl halides is 8. The molecule has 0 saturated heterocycles. The first-order valence-electron chi connectivity index (χ1n) is 3.82. The summed E-state index contributed by atoms with van der Waals surface area (Å²) < 4.78 is 95.0. The normalized spacial score (nSPS) is 13.3. The quantitative estimate of drug-likeness (QED) is 0.549. The van der Waals surface area contributed by atoms with Crippen molar-refractivity contribution < 1.29 is 44.7 Å². The second-order valence-electron chi connectivity index (χ2n) is 2.87. The molecule has 0 rings (SSSR count). The first-order chi connectivity index (χ1) is 7.44. The smallest absolute Gasteiger partial charge is 0.292 e. The van der Waals surface area contributed by atoms with Gasteiger partial charge in [0, 0.05) is 0 Å². The predicted molar refractivity (Wildman–Crippen MR) is 36.5 cm³/mol. The highest BCUT2D eigenvalue weighted by Gasteiger charge is 2.54. The van der Waals surface area contributed by atoms with Crippen molar-refractivity contribution in [2.24, 2.45) is 0 Å². The Kier molecular flexibility index (Phi) is 4.61. The van der Waals surface area contributed by atoms with E-state index in [4.69, 9.17) is 0 Å². The molecule has 0 aromatic heterocycles. The minimum atomic E-state index is -5.33. The van der Waals surface area contributed by atoms with Gasteiger partial charge in [-0.1, -0.05) is 0 Å². The van der Waals surface area contributed by atoms with Crippen LogP contribution >= 0.6 is 0 Å². The highest BCUT2D eigenvalue weighted by atomic mass is 19.3. The molecule has 0 unspecified atom stereocenters. The van der Waals surface area contributed by atoms with Crippen LogP contribution in [0.15, 0.2) is 0 Å². The van der Waals surface area contributed by atoms with E-state index in [0.29, 0.717) is 0 Å². The molecule has 0 aromatic carbocycles. The van der Waals surface area contributed by atoms with Crippen LogP contribution < -0.4 is 0 Å². The van der Waals surface area contributed by atoms with Crippen LogP contribution in [0, 0.1) is 0 Å². The van der Waals surface area contributed by atoms with Crippen molar-refractivity contribution >= 4 is 11.6 Å². The van der Waals surface area contributed by atoms with E-state index < -0.39 is 42.7 Å². The molecular weight excluding hydrogens is 268 g/mol. The number of hydrogen-bond acceptors (Lipinski definition) is 2. The second-order valence-corrected chi connectivity index (χ2v) is 2.87. The maximum absolute atomic E-state index is 12.2. The number of hydrogen-bond donors (Lipinski definition) is 0. The molecule has 0 radical (unpaired) electrons. The minimum absolute atomic E-state index is 2.39. The molecule has 0 heterocycles. The van der Waals surface area contributed by atoms with Crippen molar-refractivity contribution in [1.29, 1.82) is 0 Å². The molecule has 0 aliphatic carbocycles. The fourth-order valence-electron chi connectivity index (χ4n) is 0.625. The predicted octanol–water partition coefficient (Wildman–Crippen LogP) is 2.32. The van der Waals surface area contributed by atoms with Gasteiger partial charge in [-0.2, -0.15) is 17.6 Å². The molecule has 0 bridgehead atoms. The lowest BCUT2D eigenvalue weighted by Crippen LogP contribution is -2.43. The van der Waals surface area contributed by atoms with E-state index in [1.165, 1.54) is 0 Å². The first kappa shape index (κ1) is 15.8. The summed E-state index contributed by atoms with van der Waals surface area (Å²) in [6.45, 7) is 0. The summed E-state index contributed by atoms with van der Waals surface area (Å²) in [5.41, 5.74) is 0. The Morgan fingerprint density at radius 2 is 1.00 bits per heavy atom. The molecule has 0 aliphatic heterocycles. The zero-order chi connectivity index (χ0) is 14.0. The topological polar surface area (TPSA) is 34.1 Å². The molecule has 0 fully saturated rings. The van der Waals surface area contributed by atoms with E-state index in [-0.39, 0.29) is 0 Å². The number of carbonyl (C=O) groups excluding carboxylic acids is 2. The third kappa shape index (κ3) is 3.37. The van der Waals surface area contributed by atoms with Gasteiger partial charge in [0.15, 0.2) is 0 Å². The van der Waals surface area contributed by atoms with Crippen molar-refractivity contribution in [2.75, 3.05) is 0 Å². The molecule has 2 nitrogen and oxygen atoms in total. The van der Waals surface area contributed by atoms with Gasteiger partial charge in [-0.05, 0) is 0 Å². The van der Waals surface area contributed by atoms with E-state index in [1.54, 1.807) is 0 Å². The monoisotopic (exact) mass is 272 g/mol. The molecular formula is C7H4F8O2. The first-order valence-corrected chi connectivity index (χ1v) is 3.82. The summed E-state index contributed by atoms with van der Waals surface area (Å²) in [7, 11) is 0. The van der Waals surface area contributed by atoms with Crippen LogP contribution in [0.1, 0.15) is 6.42 Å². The minimum Gasteiger partial charge on any atom is -0.292 e. The molecule has 0 spiro atoms. The fraction of sp³-hybridized carbons (Fsp3) is 0.714. The number of halogens is 8. The number of ketones is 2. The maximum Gasteiger partial charge on any atom is 0.364 e. The molecule has 0 amide bonds. The number of Topliss-reactive ketones (excluding diaryl/α,β-unsaturated/α-hetero) is 2. The van der Waals surface area contributed by atoms with Gasteiger partial charge in [-0.3, -0.25) is 9.59 Å². The lowest BCUT2D eigenvalue weighted by atomic mass is 10.0. The van der Waals surface area contributed by atoms with Crippen molar-refractivity contribution in [3.63, 3.8) is 0 Å². The van der Waals surface area contributed by atoms with Crippen molar-refractivity contribution in [1.82, 2.24) is 0 Å². The highest BCUT2D eigenvalue weighted by molar-refractivity contribution is 6.05. The Balaban J connectivity index is 4.78.